The van der Waals surface area contributed by atoms with Gasteiger partial charge in [0.2, 0.25) is 15.0 Å². The highest BCUT2D eigenvalue weighted by atomic mass is 32.2. The Hall–Kier alpha value is -0.920. The van der Waals surface area contributed by atoms with Crippen LogP contribution in [0.15, 0.2) is 11.4 Å². The minimum Gasteiger partial charge on any atom is -0.384 e. The van der Waals surface area contributed by atoms with Crippen molar-refractivity contribution >= 4 is 9.84 Å². The second kappa shape index (κ2) is 8.85. The molecule has 1 saturated heterocycles. The van der Waals surface area contributed by atoms with Crippen LogP contribution in [-0.2, 0) is 27.7 Å². The van der Waals surface area contributed by atoms with Crippen molar-refractivity contribution in [3.63, 3.8) is 0 Å². The third kappa shape index (κ3) is 5.08. The maximum absolute atomic E-state index is 12.2. The summed E-state index contributed by atoms with van der Waals surface area (Å²) in [6, 6.07) is 0. The second-order valence-electron chi connectivity index (χ2n) is 8.12. The monoisotopic (exact) mass is 383 g/mol. The van der Waals surface area contributed by atoms with E-state index in [1.165, 1.54) is 51.2 Å². The molecule has 0 bridgehead atoms. The smallest absolute Gasteiger partial charge is 0.227 e. The molecule has 1 aromatic heterocycles. The molecule has 148 valence electrons. The Morgan fingerprint density at radius 2 is 1.88 bits per heavy atom. The Morgan fingerprint density at radius 3 is 2.58 bits per heavy atom. The molecule has 7 heteroatoms. The number of nitrogens with zero attached hydrogens (tertiary/aromatic N) is 3. The van der Waals surface area contributed by atoms with Gasteiger partial charge < -0.3 is 9.30 Å². The fourth-order valence-corrected chi connectivity index (χ4v) is 5.37. The number of imidazole rings is 1. The molecule has 1 aromatic rings. The topological polar surface area (TPSA) is 64.4 Å². The van der Waals surface area contributed by atoms with E-state index in [0.29, 0.717) is 11.8 Å². The van der Waals surface area contributed by atoms with Crippen molar-refractivity contribution in [3.8, 4) is 0 Å². The lowest BCUT2D eigenvalue weighted by atomic mass is 9.89. The van der Waals surface area contributed by atoms with Crippen molar-refractivity contribution in [2.75, 3.05) is 33.1 Å². The van der Waals surface area contributed by atoms with E-state index in [9.17, 15) is 8.42 Å². The van der Waals surface area contributed by atoms with Gasteiger partial charge >= 0.3 is 0 Å². The van der Waals surface area contributed by atoms with Crippen molar-refractivity contribution in [3.05, 3.63) is 11.9 Å². The summed E-state index contributed by atoms with van der Waals surface area (Å²) in [4.78, 5) is 6.72. The van der Waals surface area contributed by atoms with Gasteiger partial charge in [0.05, 0.1) is 18.5 Å². The van der Waals surface area contributed by atoms with Crippen LogP contribution in [0.3, 0.4) is 0 Å². The molecular weight excluding hydrogens is 350 g/mol. The van der Waals surface area contributed by atoms with E-state index in [4.69, 9.17) is 4.74 Å². The van der Waals surface area contributed by atoms with Crippen LogP contribution in [0.1, 0.15) is 50.6 Å². The van der Waals surface area contributed by atoms with Gasteiger partial charge in [-0.3, -0.25) is 4.90 Å². The standard InChI is InChI=1S/C19H33N3O3S/c1-25-15-17-9-6-10-21(12-17)14-18-11-20-19(26(2,23)24)22(18)13-16-7-4-3-5-8-16/h11,16-17H,3-10,12-15H2,1-2H3. The Labute approximate surface area is 157 Å². The number of piperidine rings is 1. The molecule has 1 aliphatic carbocycles. The predicted molar refractivity (Wildman–Crippen MR) is 102 cm³/mol. The summed E-state index contributed by atoms with van der Waals surface area (Å²) in [5.74, 6) is 1.14. The Balaban J connectivity index is 1.76. The molecule has 1 atom stereocenters. The highest BCUT2D eigenvalue weighted by Crippen LogP contribution is 2.27. The van der Waals surface area contributed by atoms with Gasteiger partial charge in [-0.2, -0.15) is 0 Å². The molecule has 2 heterocycles. The first-order chi connectivity index (χ1) is 12.5. The number of ether oxygens (including phenoxy) is 1. The zero-order valence-corrected chi connectivity index (χ0v) is 17.0. The molecule has 0 N–H and O–H groups in total. The number of rotatable bonds is 7. The van der Waals surface area contributed by atoms with Crippen LogP contribution in [0.25, 0.3) is 0 Å². The molecule has 0 amide bonds. The molecule has 6 nitrogen and oxygen atoms in total. The van der Waals surface area contributed by atoms with Crippen LogP contribution < -0.4 is 0 Å². The van der Waals surface area contributed by atoms with Crippen LogP contribution in [0.2, 0.25) is 0 Å². The Bertz CT molecular complexity index is 678. The van der Waals surface area contributed by atoms with E-state index >= 15 is 0 Å². The van der Waals surface area contributed by atoms with Crippen LogP contribution in [0, 0.1) is 11.8 Å². The van der Waals surface area contributed by atoms with Crippen molar-refractivity contribution in [2.24, 2.45) is 11.8 Å². The van der Waals surface area contributed by atoms with Crippen LogP contribution in [-0.4, -0.2) is 55.9 Å². The quantitative estimate of drug-likeness (QED) is 0.724. The van der Waals surface area contributed by atoms with E-state index in [1.807, 2.05) is 4.57 Å². The van der Waals surface area contributed by atoms with Crippen LogP contribution >= 0.6 is 0 Å². The van der Waals surface area contributed by atoms with Gasteiger partial charge in [0.15, 0.2) is 0 Å². The molecule has 1 unspecified atom stereocenters. The number of sulfone groups is 1. The number of aromatic nitrogens is 2. The maximum atomic E-state index is 12.2. The zero-order chi connectivity index (χ0) is 18.6. The molecule has 1 saturated carbocycles. The summed E-state index contributed by atoms with van der Waals surface area (Å²) >= 11 is 0. The summed E-state index contributed by atoms with van der Waals surface area (Å²) in [5.41, 5.74) is 1.04. The van der Waals surface area contributed by atoms with Gasteiger partial charge in [0, 0.05) is 33.0 Å². The fraction of sp³-hybridized carbons (Fsp3) is 0.842. The summed E-state index contributed by atoms with van der Waals surface area (Å²) in [6.07, 6.45) is 11.6. The zero-order valence-electron chi connectivity index (χ0n) is 16.2. The van der Waals surface area contributed by atoms with E-state index < -0.39 is 9.84 Å². The molecule has 0 aromatic carbocycles. The molecule has 0 radical (unpaired) electrons. The first kappa shape index (κ1) is 19.8. The molecular formula is C19H33N3O3S. The predicted octanol–water partition coefficient (Wildman–Crippen LogP) is 2.73. The maximum Gasteiger partial charge on any atom is 0.227 e. The van der Waals surface area contributed by atoms with Gasteiger partial charge in [0.25, 0.3) is 0 Å². The summed E-state index contributed by atoms with van der Waals surface area (Å²) in [5, 5.41) is 0.239. The lowest BCUT2D eigenvalue weighted by Crippen LogP contribution is -2.37. The summed E-state index contributed by atoms with van der Waals surface area (Å²) in [6.45, 7) is 4.43. The number of hydrogen-bond donors (Lipinski definition) is 0. The largest absolute Gasteiger partial charge is 0.384 e. The Kier molecular flexibility index (Phi) is 6.75. The minimum absolute atomic E-state index is 0.239. The fourth-order valence-electron chi connectivity index (χ4n) is 4.53. The highest BCUT2D eigenvalue weighted by Gasteiger charge is 2.25. The lowest BCUT2D eigenvalue weighted by Gasteiger charge is -2.32. The molecule has 26 heavy (non-hydrogen) atoms. The number of methoxy groups -OCH3 is 1. The third-order valence-electron chi connectivity index (χ3n) is 5.79. The molecule has 0 spiro atoms. The first-order valence-corrected chi connectivity index (χ1v) is 11.8. The summed E-state index contributed by atoms with van der Waals surface area (Å²) in [7, 11) is -1.55. The SMILES string of the molecule is COCC1CCCN(Cc2cnc(S(C)(=O)=O)n2CC2CCCCC2)C1. The Morgan fingerprint density at radius 1 is 1.15 bits per heavy atom. The van der Waals surface area contributed by atoms with Crippen molar-refractivity contribution in [1.29, 1.82) is 0 Å². The molecule has 2 aliphatic rings. The van der Waals surface area contributed by atoms with Gasteiger partial charge in [-0.05, 0) is 44.1 Å². The van der Waals surface area contributed by atoms with Gasteiger partial charge in [-0.25, -0.2) is 13.4 Å². The second-order valence-corrected chi connectivity index (χ2v) is 10.0. The van der Waals surface area contributed by atoms with Gasteiger partial charge in [-0.15, -0.1) is 0 Å². The van der Waals surface area contributed by atoms with E-state index in [0.717, 1.165) is 38.5 Å². The van der Waals surface area contributed by atoms with Gasteiger partial charge in [-0.1, -0.05) is 19.3 Å². The lowest BCUT2D eigenvalue weighted by molar-refractivity contribution is 0.0859. The molecule has 3 rings (SSSR count). The van der Waals surface area contributed by atoms with Crippen molar-refractivity contribution in [2.45, 2.75) is 63.2 Å². The number of hydrogen-bond acceptors (Lipinski definition) is 5. The van der Waals surface area contributed by atoms with E-state index in [1.54, 1.807) is 13.3 Å². The first-order valence-electron chi connectivity index (χ1n) is 9.93. The van der Waals surface area contributed by atoms with Gasteiger partial charge in [0.1, 0.15) is 0 Å². The highest BCUT2D eigenvalue weighted by molar-refractivity contribution is 7.90. The molecule has 2 fully saturated rings. The van der Waals surface area contributed by atoms with Crippen molar-refractivity contribution < 1.29 is 13.2 Å². The minimum atomic E-state index is -3.31. The molecule has 1 aliphatic heterocycles. The number of likely N-dealkylation sites (tertiary alicyclic amines) is 1. The van der Waals surface area contributed by atoms with Crippen molar-refractivity contribution in [1.82, 2.24) is 14.5 Å². The van der Waals surface area contributed by atoms with E-state index in [2.05, 4.69) is 9.88 Å². The normalized spacial score (nSPS) is 23.4. The average Bonchev–Trinajstić information content (AvgIpc) is 2.99. The third-order valence-corrected chi connectivity index (χ3v) is 6.78. The van der Waals surface area contributed by atoms with E-state index in [-0.39, 0.29) is 5.16 Å². The van der Waals surface area contributed by atoms with Crippen LogP contribution in [0.4, 0.5) is 0 Å². The van der Waals surface area contributed by atoms with Crippen LogP contribution in [0.5, 0.6) is 0 Å². The average molecular weight is 384 g/mol. The summed E-state index contributed by atoms with van der Waals surface area (Å²) < 4.78 is 31.8.